The molecule has 0 aliphatic carbocycles. The molecule has 1 saturated heterocycles. The van der Waals surface area contributed by atoms with Crippen molar-refractivity contribution in [1.82, 2.24) is 20.1 Å². The number of fused-ring (bicyclic) bond motifs is 2. The number of thiophene rings is 1. The first-order valence-electron chi connectivity index (χ1n) is 13.8. The Bertz CT molecular complexity index is 1660. The van der Waals surface area contributed by atoms with Crippen molar-refractivity contribution in [2.45, 2.75) is 71.0 Å². The molecule has 39 heavy (non-hydrogen) atoms. The number of hydrogen-bond acceptors (Lipinski definition) is 7. The monoisotopic (exact) mass is 538 g/mol. The van der Waals surface area contributed by atoms with Gasteiger partial charge in [-0.05, 0) is 74.4 Å². The number of aryl methyl sites for hydroxylation is 1. The van der Waals surface area contributed by atoms with E-state index in [4.69, 9.17) is 0 Å². The third kappa shape index (κ3) is 4.86. The molecule has 0 amide bonds. The fraction of sp³-hybridized carbons (Fsp3) is 0.419. The Labute approximate surface area is 233 Å². The minimum Gasteiger partial charge on any atom is -0.366 e. The first-order chi connectivity index (χ1) is 18.7. The smallest absolute Gasteiger partial charge is 0.267 e. The second-order valence-electron chi connectivity index (χ2n) is 11.8. The van der Waals surface area contributed by atoms with Crippen molar-refractivity contribution in [2.75, 3.05) is 18.0 Å². The van der Waals surface area contributed by atoms with Crippen LogP contribution in [0.1, 0.15) is 68.0 Å². The van der Waals surface area contributed by atoms with Gasteiger partial charge in [-0.1, -0.05) is 13.8 Å². The molecule has 0 bridgehead atoms. The van der Waals surface area contributed by atoms with Crippen molar-refractivity contribution < 1.29 is 0 Å². The van der Waals surface area contributed by atoms with Crippen molar-refractivity contribution in [3.63, 3.8) is 0 Å². The summed E-state index contributed by atoms with van der Waals surface area (Å²) in [6.45, 7) is 11.0. The van der Waals surface area contributed by atoms with E-state index in [9.17, 15) is 10.1 Å². The fourth-order valence-electron chi connectivity index (χ4n) is 6.07. The normalized spacial score (nSPS) is 18.5. The summed E-state index contributed by atoms with van der Waals surface area (Å²) in [5.74, 6) is 0.261. The Morgan fingerprint density at radius 3 is 2.79 bits per heavy atom. The van der Waals surface area contributed by atoms with Gasteiger partial charge in [0, 0.05) is 58.6 Å². The molecule has 7 nitrogen and oxygen atoms in total. The van der Waals surface area contributed by atoms with Crippen LogP contribution in [-0.2, 0) is 13.0 Å². The van der Waals surface area contributed by atoms with Crippen LogP contribution in [0.4, 0.5) is 5.69 Å². The number of aromatic nitrogens is 3. The second-order valence-corrected chi connectivity index (χ2v) is 12.9. The van der Waals surface area contributed by atoms with Gasteiger partial charge in [-0.25, -0.2) is 4.68 Å². The second kappa shape index (κ2) is 9.89. The maximum Gasteiger partial charge on any atom is 0.267 e. The number of hydrogen-bond donors (Lipinski definition) is 1. The molecule has 2 aliphatic rings. The van der Waals surface area contributed by atoms with Gasteiger partial charge < -0.3 is 10.2 Å². The van der Waals surface area contributed by atoms with E-state index in [1.165, 1.54) is 15.9 Å². The topological polar surface area (TPSA) is 86.8 Å². The van der Waals surface area contributed by atoms with E-state index in [-0.39, 0.29) is 17.0 Å². The predicted molar refractivity (Wildman–Crippen MR) is 158 cm³/mol. The summed E-state index contributed by atoms with van der Waals surface area (Å²) in [6, 6.07) is 12.8. The zero-order chi connectivity index (χ0) is 27.3. The summed E-state index contributed by atoms with van der Waals surface area (Å²) in [6.07, 6.45) is 6.79. The summed E-state index contributed by atoms with van der Waals surface area (Å²) >= 11 is 1.65. The summed E-state index contributed by atoms with van der Waals surface area (Å²) < 4.78 is 2.59. The number of anilines is 1. The highest BCUT2D eigenvalue weighted by molar-refractivity contribution is 7.19. The molecule has 2 aliphatic heterocycles. The standard InChI is InChI=1S/C31H34N6OS/c1-19(2)22-12-28(38)37(35-16-22)18-24-13-27-30(39-24)25(7-8-33-27)26-11-20(15-32)10-21-6-5-9-36(29(21)26)23-14-31(3,4)34-17-23/h7-8,10-13,16,19,23,34H,5-6,9,14,17-18H2,1-4H3. The first-order valence-corrected chi connectivity index (χ1v) is 14.6. The van der Waals surface area contributed by atoms with Crippen LogP contribution >= 0.6 is 11.3 Å². The molecule has 0 spiro atoms. The zero-order valence-corrected chi connectivity index (χ0v) is 23.8. The lowest BCUT2D eigenvalue weighted by molar-refractivity contribution is 0.450. The molecule has 1 unspecified atom stereocenters. The average Bonchev–Trinajstić information content (AvgIpc) is 3.50. The highest BCUT2D eigenvalue weighted by atomic mass is 32.1. The fourth-order valence-corrected chi connectivity index (χ4v) is 7.19. The lowest BCUT2D eigenvalue weighted by Crippen LogP contribution is -2.40. The Hall–Kier alpha value is -3.54. The Morgan fingerprint density at radius 2 is 2.08 bits per heavy atom. The molecule has 1 fully saturated rings. The van der Waals surface area contributed by atoms with Crippen LogP contribution in [0.5, 0.6) is 0 Å². The lowest BCUT2D eigenvalue weighted by atomic mass is 9.90. The highest BCUT2D eigenvalue weighted by Gasteiger charge is 2.36. The minimum atomic E-state index is -0.0913. The van der Waals surface area contributed by atoms with Gasteiger partial charge in [-0.15, -0.1) is 11.3 Å². The van der Waals surface area contributed by atoms with E-state index in [2.05, 4.69) is 78.3 Å². The van der Waals surface area contributed by atoms with Gasteiger partial charge in [0.15, 0.2) is 0 Å². The molecule has 3 aromatic heterocycles. The van der Waals surface area contributed by atoms with Crippen molar-refractivity contribution in [3.05, 3.63) is 74.6 Å². The van der Waals surface area contributed by atoms with E-state index in [0.717, 1.165) is 64.1 Å². The largest absolute Gasteiger partial charge is 0.366 e. The van der Waals surface area contributed by atoms with Crippen molar-refractivity contribution >= 4 is 27.2 Å². The molecule has 200 valence electrons. The molecule has 1 N–H and O–H groups in total. The Morgan fingerprint density at radius 1 is 1.23 bits per heavy atom. The van der Waals surface area contributed by atoms with Gasteiger partial charge in [0.2, 0.25) is 0 Å². The van der Waals surface area contributed by atoms with Crippen LogP contribution in [0, 0.1) is 11.3 Å². The van der Waals surface area contributed by atoms with Crippen LogP contribution in [0.3, 0.4) is 0 Å². The number of rotatable bonds is 5. The van der Waals surface area contributed by atoms with E-state index < -0.39 is 0 Å². The average molecular weight is 539 g/mol. The van der Waals surface area contributed by atoms with E-state index in [0.29, 0.717) is 18.2 Å². The molecule has 6 rings (SSSR count). The van der Waals surface area contributed by atoms with E-state index in [1.807, 2.05) is 6.20 Å². The Kier molecular flexibility index (Phi) is 6.52. The van der Waals surface area contributed by atoms with Crippen molar-refractivity contribution in [3.8, 4) is 17.2 Å². The van der Waals surface area contributed by atoms with Crippen LogP contribution in [0.2, 0.25) is 0 Å². The third-order valence-corrected chi connectivity index (χ3v) is 9.21. The number of pyridine rings is 1. The van der Waals surface area contributed by atoms with Crippen LogP contribution in [-0.4, -0.2) is 39.4 Å². The molecular weight excluding hydrogens is 504 g/mol. The quantitative estimate of drug-likeness (QED) is 0.363. The van der Waals surface area contributed by atoms with Crippen molar-refractivity contribution in [1.29, 1.82) is 5.26 Å². The number of nitrogens with zero attached hydrogens (tertiary/aromatic N) is 5. The maximum absolute atomic E-state index is 12.7. The van der Waals surface area contributed by atoms with Crippen LogP contribution in [0.25, 0.3) is 21.3 Å². The summed E-state index contributed by atoms with van der Waals surface area (Å²) in [4.78, 5) is 21.0. The molecular formula is C31H34N6OS. The molecule has 1 aromatic carbocycles. The SMILES string of the molecule is CC(C)c1cnn(Cc2cc3nccc(-c4cc(C#N)cc5c4N(C4CNC(C)(C)C4)CCC5)c3s2)c(=O)c1. The number of nitrogens with one attached hydrogen (secondary N) is 1. The van der Waals surface area contributed by atoms with E-state index in [1.54, 1.807) is 23.6 Å². The summed E-state index contributed by atoms with van der Waals surface area (Å²) in [7, 11) is 0. The number of nitriles is 1. The summed E-state index contributed by atoms with van der Waals surface area (Å²) in [5.41, 5.74) is 7.27. The molecule has 5 heterocycles. The summed E-state index contributed by atoms with van der Waals surface area (Å²) in [5, 5.41) is 18.0. The van der Waals surface area contributed by atoms with Crippen molar-refractivity contribution in [2.24, 2.45) is 0 Å². The van der Waals surface area contributed by atoms with Crippen LogP contribution in [0.15, 0.2) is 47.5 Å². The maximum atomic E-state index is 12.7. The van der Waals surface area contributed by atoms with Gasteiger partial charge in [-0.3, -0.25) is 9.78 Å². The Balaban J connectivity index is 1.44. The highest BCUT2D eigenvalue weighted by Crippen LogP contribution is 2.44. The minimum absolute atomic E-state index is 0.0913. The molecule has 4 aromatic rings. The van der Waals surface area contributed by atoms with E-state index >= 15 is 0 Å². The molecule has 0 radical (unpaired) electrons. The van der Waals surface area contributed by atoms with Crippen LogP contribution < -0.4 is 15.8 Å². The van der Waals surface area contributed by atoms with Gasteiger partial charge in [0.1, 0.15) is 0 Å². The predicted octanol–water partition coefficient (Wildman–Crippen LogP) is 5.46. The third-order valence-electron chi connectivity index (χ3n) is 8.07. The first kappa shape index (κ1) is 25.7. The van der Waals surface area contributed by atoms with Gasteiger partial charge >= 0.3 is 0 Å². The number of benzene rings is 1. The molecule has 8 heteroatoms. The van der Waals surface area contributed by atoms with Gasteiger partial charge in [0.05, 0.1) is 34.6 Å². The lowest BCUT2D eigenvalue weighted by Gasteiger charge is -2.38. The van der Waals surface area contributed by atoms with Gasteiger partial charge in [0.25, 0.3) is 5.56 Å². The van der Waals surface area contributed by atoms with Gasteiger partial charge in [-0.2, -0.15) is 10.4 Å². The molecule has 1 atom stereocenters. The zero-order valence-electron chi connectivity index (χ0n) is 23.0. The molecule has 0 saturated carbocycles.